The molecule has 1 aliphatic rings. The molecule has 20 heavy (non-hydrogen) atoms. The molecule has 0 saturated carbocycles. The van der Waals surface area contributed by atoms with E-state index in [1.54, 1.807) is 6.92 Å². The number of carbonyl (C=O) groups is 1. The van der Waals surface area contributed by atoms with Crippen LogP contribution in [0.4, 0.5) is 0 Å². The van der Waals surface area contributed by atoms with E-state index >= 15 is 0 Å². The third kappa shape index (κ3) is 2.80. The second-order valence-corrected chi connectivity index (χ2v) is 5.84. The Bertz CT molecular complexity index is 488. The van der Waals surface area contributed by atoms with Gasteiger partial charge in [0.25, 0.3) is 0 Å². The number of ether oxygens (including phenoxy) is 1. The van der Waals surface area contributed by atoms with Gasteiger partial charge in [0.05, 0.1) is 6.61 Å². The molecule has 4 nitrogen and oxygen atoms in total. The fourth-order valence-corrected chi connectivity index (χ4v) is 2.80. The zero-order valence-electron chi connectivity index (χ0n) is 12.3. The van der Waals surface area contributed by atoms with Gasteiger partial charge in [0, 0.05) is 17.5 Å². The Balaban J connectivity index is 2.29. The fourth-order valence-electron chi connectivity index (χ4n) is 2.80. The van der Waals surface area contributed by atoms with Crippen LogP contribution in [0.2, 0.25) is 0 Å². The molecule has 1 aromatic rings. The zero-order chi connectivity index (χ0) is 14.8. The summed E-state index contributed by atoms with van der Waals surface area (Å²) in [5, 5.41) is 12.9. The first kappa shape index (κ1) is 14.9. The number of benzene rings is 1. The molecule has 0 spiro atoms. The average molecular weight is 277 g/mol. The van der Waals surface area contributed by atoms with Crippen molar-refractivity contribution in [3.63, 3.8) is 0 Å². The molecule has 0 radical (unpaired) electrons. The van der Waals surface area contributed by atoms with Crippen LogP contribution in [0.25, 0.3) is 0 Å². The zero-order valence-corrected chi connectivity index (χ0v) is 12.3. The molecule has 3 atom stereocenters. The molecule has 1 heterocycles. The molecule has 1 aromatic carbocycles. The molecule has 110 valence electrons. The predicted octanol–water partition coefficient (Wildman–Crippen LogP) is 2.99. The standard InChI is InChI=1S/C16H23NO3/c1-4-9-16(3,15(18)19)17-14-11(2)10-20-13-8-6-5-7-12(13)14/h5-8,11,14,17H,4,9-10H2,1-3H3,(H,18,19). The van der Waals surface area contributed by atoms with E-state index in [4.69, 9.17) is 4.74 Å². The van der Waals surface area contributed by atoms with Crippen molar-refractivity contribution in [2.45, 2.75) is 45.2 Å². The van der Waals surface area contributed by atoms with Crippen molar-refractivity contribution in [1.82, 2.24) is 5.32 Å². The molecule has 2 N–H and O–H groups in total. The minimum absolute atomic E-state index is 0.00704. The van der Waals surface area contributed by atoms with Gasteiger partial charge < -0.3 is 9.84 Å². The lowest BCUT2D eigenvalue weighted by Crippen LogP contribution is -2.53. The monoisotopic (exact) mass is 277 g/mol. The quantitative estimate of drug-likeness (QED) is 0.868. The van der Waals surface area contributed by atoms with Crippen molar-refractivity contribution in [2.24, 2.45) is 5.92 Å². The van der Waals surface area contributed by atoms with E-state index in [2.05, 4.69) is 12.2 Å². The number of rotatable bonds is 5. The Labute approximate surface area is 120 Å². The molecule has 0 fully saturated rings. The summed E-state index contributed by atoms with van der Waals surface area (Å²) in [5.74, 6) is 0.295. The largest absolute Gasteiger partial charge is 0.493 e. The Morgan fingerprint density at radius 1 is 1.50 bits per heavy atom. The van der Waals surface area contributed by atoms with E-state index in [0.29, 0.717) is 13.0 Å². The topological polar surface area (TPSA) is 58.6 Å². The highest BCUT2D eigenvalue weighted by molar-refractivity contribution is 5.78. The van der Waals surface area contributed by atoms with E-state index in [1.807, 2.05) is 31.2 Å². The summed E-state index contributed by atoms with van der Waals surface area (Å²) in [4.78, 5) is 11.6. The third-order valence-corrected chi connectivity index (χ3v) is 4.02. The summed E-state index contributed by atoms with van der Waals surface area (Å²) in [7, 11) is 0. The summed E-state index contributed by atoms with van der Waals surface area (Å²) in [6.45, 7) is 6.46. The van der Waals surface area contributed by atoms with Crippen LogP contribution in [-0.2, 0) is 4.79 Å². The van der Waals surface area contributed by atoms with Crippen LogP contribution in [0.3, 0.4) is 0 Å². The first-order chi connectivity index (χ1) is 9.48. The van der Waals surface area contributed by atoms with E-state index < -0.39 is 11.5 Å². The summed E-state index contributed by atoms with van der Waals surface area (Å²) < 4.78 is 5.71. The third-order valence-electron chi connectivity index (χ3n) is 4.02. The van der Waals surface area contributed by atoms with Crippen molar-refractivity contribution in [2.75, 3.05) is 6.61 Å². The highest BCUT2D eigenvalue weighted by Gasteiger charge is 2.38. The Morgan fingerprint density at radius 2 is 2.20 bits per heavy atom. The van der Waals surface area contributed by atoms with Gasteiger partial charge in [0.1, 0.15) is 11.3 Å². The first-order valence-corrected chi connectivity index (χ1v) is 7.20. The van der Waals surface area contributed by atoms with Crippen LogP contribution in [0.5, 0.6) is 5.75 Å². The summed E-state index contributed by atoms with van der Waals surface area (Å²) in [5.41, 5.74) is 0.146. The number of carboxylic acids is 1. The van der Waals surface area contributed by atoms with E-state index in [-0.39, 0.29) is 12.0 Å². The number of para-hydroxylation sites is 1. The molecule has 0 saturated heterocycles. The number of hydrogen-bond donors (Lipinski definition) is 2. The highest BCUT2D eigenvalue weighted by Crippen LogP contribution is 2.36. The van der Waals surface area contributed by atoms with E-state index in [9.17, 15) is 9.90 Å². The molecule has 0 bridgehead atoms. The smallest absolute Gasteiger partial charge is 0.323 e. The molecule has 0 amide bonds. The van der Waals surface area contributed by atoms with Crippen LogP contribution in [0, 0.1) is 5.92 Å². The summed E-state index contributed by atoms with van der Waals surface area (Å²) in [6, 6.07) is 7.86. The fraction of sp³-hybridized carbons (Fsp3) is 0.562. The van der Waals surface area contributed by atoms with Gasteiger partial charge in [-0.2, -0.15) is 0 Å². The normalized spacial score (nSPS) is 24.4. The highest BCUT2D eigenvalue weighted by atomic mass is 16.5. The Morgan fingerprint density at radius 3 is 2.85 bits per heavy atom. The van der Waals surface area contributed by atoms with Gasteiger partial charge in [0.2, 0.25) is 0 Å². The van der Waals surface area contributed by atoms with Crippen molar-refractivity contribution >= 4 is 5.97 Å². The van der Waals surface area contributed by atoms with Gasteiger partial charge in [-0.05, 0) is 19.4 Å². The van der Waals surface area contributed by atoms with Gasteiger partial charge in [-0.15, -0.1) is 0 Å². The minimum Gasteiger partial charge on any atom is -0.493 e. The van der Waals surface area contributed by atoms with E-state index in [0.717, 1.165) is 17.7 Å². The molecule has 4 heteroatoms. The van der Waals surface area contributed by atoms with Crippen LogP contribution in [-0.4, -0.2) is 23.2 Å². The molecule has 0 aromatic heterocycles. The van der Waals surface area contributed by atoms with Gasteiger partial charge in [-0.25, -0.2) is 0 Å². The maximum atomic E-state index is 11.6. The van der Waals surface area contributed by atoms with Crippen molar-refractivity contribution < 1.29 is 14.6 Å². The van der Waals surface area contributed by atoms with Gasteiger partial charge in [-0.1, -0.05) is 38.5 Å². The lowest BCUT2D eigenvalue weighted by atomic mass is 9.87. The predicted molar refractivity (Wildman–Crippen MR) is 77.9 cm³/mol. The molecule has 1 aliphatic heterocycles. The van der Waals surface area contributed by atoms with Crippen LogP contribution < -0.4 is 10.1 Å². The average Bonchev–Trinajstić information content (AvgIpc) is 2.42. The number of nitrogens with one attached hydrogen (secondary N) is 1. The molecule has 0 aliphatic carbocycles. The maximum Gasteiger partial charge on any atom is 0.323 e. The number of carboxylic acid groups (broad SMARTS) is 1. The van der Waals surface area contributed by atoms with Gasteiger partial charge >= 0.3 is 5.97 Å². The SMILES string of the molecule is CCCC(C)(NC1c2ccccc2OCC1C)C(=O)O. The van der Waals surface area contributed by atoms with Crippen molar-refractivity contribution in [3.8, 4) is 5.75 Å². The van der Waals surface area contributed by atoms with Crippen LogP contribution >= 0.6 is 0 Å². The molecular formula is C16H23NO3. The van der Waals surface area contributed by atoms with Crippen LogP contribution in [0.15, 0.2) is 24.3 Å². The van der Waals surface area contributed by atoms with Gasteiger partial charge in [0.15, 0.2) is 0 Å². The van der Waals surface area contributed by atoms with Crippen molar-refractivity contribution in [3.05, 3.63) is 29.8 Å². The first-order valence-electron chi connectivity index (χ1n) is 7.20. The molecular weight excluding hydrogens is 254 g/mol. The second kappa shape index (κ2) is 5.83. The Hall–Kier alpha value is -1.55. The van der Waals surface area contributed by atoms with Gasteiger partial charge in [-0.3, -0.25) is 10.1 Å². The maximum absolute atomic E-state index is 11.6. The lowest BCUT2D eigenvalue weighted by Gasteiger charge is -2.38. The number of hydrogen-bond acceptors (Lipinski definition) is 3. The van der Waals surface area contributed by atoms with E-state index in [1.165, 1.54) is 0 Å². The summed E-state index contributed by atoms with van der Waals surface area (Å²) in [6.07, 6.45) is 1.43. The lowest BCUT2D eigenvalue weighted by molar-refractivity contribution is -0.145. The summed E-state index contributed by atoms with van der Waals surface area (Å²) >= 11 is 0. The second-order valence-electron chi connectivity index (χ2n) is 5.84. The van der Waals surface area contributed by atoms with Crippen molar-refractivity contribution in [1.29, 1.82) is 0 Å². The molecule has 3 unspecified atom stereocenters. The minimum atomic E-state index is -0.905. The number of fused-ring (bicyclic) bond motifs is 1. The van der Waals surface area contributed by atoms with Crippen LogP contribution in [0.1, 0.15) is 45.2 Å². The molecule has 2 rings (SSSR count). The number of aliphatic carboxylic acids is 1. The Kier molecular flexibility index (Phi) is 4.33.